The van der Waals surface area contributed by atoms with Crippen molar-refractivity contribution in [3.63, 3.8) is 0 Å². The summed E-state index contributed by atoms with van der Waals surface area (Å²) in [6, 6.07) is 7.80. The number of ketones is 1. The zero-order chi connectivity index (χ0) is 14.5. The van der Waals surface area contributed by atoms with E-state index < -0.39 is 0 Å². The maximum Gasteiger partial charge on any atom is 0.161 e. The van der Waals surface area contributed by atoms with E-state index in [9.17, 15) is 4.79 Å². The number of hydrogen-bond acceptors (Lipinski definition) is 3. The Kier molecular flexibility index (Phi) is 5.55. The molecule has 1 aromatic carbocycles. The van der Waals surface area contributed by atoms with Crippen molar-refractivity contribution in [1.82, 2.24) is 0 Å². The van der Waals surface area contributed by atoms with Crippen molar-refractivity contribution in [2.24, 2.45) is 0 Å². The van der Waals surface area contributed by atoms with Gasteiger partial charge in [0.1, 0.15) is 11.9 Å². The number of methoxy groups -OCH3 is 1. The van der Waals surface area contributed by atoms with Gasteiger partial charge in [-0.3, -0.25) is 4.79 Å². The zero-order valence-electron chi connectivity index (χ0n) is 12.5. The highest BCUT2D eigenvalue weighted by atomic mass is 16.5. The summed E-state index contributed by atoms with van der Waals surface area (Å²) in [6.45, 7) is 7.70. The predicted octanol–water partition coefficient (Wildman–Crippen LogP) is 3.40. The molecule has 0 aliphatic heterocycles. The summed E-state index contributed by atoms with van der Waals surface area (Å²) in [6.07, 6.45) is 0.891. The molecule has 0 saturated heterocycles. The van der Waals surface area contributed by atoms with Gasteiger partial charge in [-0.2, -0.15) is 0 Å². The Morgan fingerprint density at radius 3 is 2.26 bits per heavy atom. The van der Waals surface area contributed by atoms with Gasteiger partial charge in [0, 0.05) is 6.42 Å². The van der Waals surface area contributed by atoms with Crippen LogP contribution in [0.2, 0.25) is 0 Å². The standard InChI is InChI=1S/C16H24O3/c1-12(19-16(2,3)4)15(17)11-8-13-6-9-14(18-5)10-7-13/h6-7,9-10,12H,8,11H2,1-5H3. The molecule has 1 rings (SSSR count). The quantitative estimate of drug-likeness (QED) is 0.790. The average molecular weight is 264 g/mol. The van der Waals surface area contributed by atoms with Crippen molar-refractivity contribution in [3.8, 4) is 5.75 Å². The third-order valence-electron chi connectivity index (χ3n) is 2.80. The molecule has 19 heavy (non-hydrogen) atoms. The fourth-order valence-corrected chi connectivity index (χ4v) is 1.86. The molecule has 3 nitrogen and oxygen atoms in total. The molecule has 1 aromatic rings. The smallest absolute Gasteiger partial charge is 0.161 e. The predicted molar refractivity (Wildman–Crippen MR) is 76.6 cm³/mol. The number of carbonyl (C=O) groups is 1. The van der Waals surface area contributed by atoms with Crippen LogP contribution in [-0.4, -0.2) is 24.6 Å². The van der Waals surface area contributed by atoms with Gasteiger partial charge in [0.2, 0.25) is 0 Å². The lowest BCUT2D eigenvalue weighted by molar-refractivity contribution is -0.138. The van der Waals surface area contributed by atoms with Gasteiger partial charge in [-0.05, 0) is 51.8 Å². The molecular formula is C16H24O3. The Morgan fingerprint density at radius 1 is 1.21 bits per heavy atom. The van der Waals surface area contributed by atoms with Crippen LogP contribution in [0.25, 0.3) is 0 Å². The van der Waals surface area contributed by atoms with Gasteiger partial charge in [0.05, 0.1) is 12.7 Å². The van der Waals surface area contributed by atoms with Crippen molar-refractivity contribution >= 4 is 5.78 Å². The number of Topliss-reactive ketones (excluding diaryl/α,β-unsaturated/α-hetero) is 1. The van der Waals surface area contributed by atoms with E-state index in [0.29, 0.717) is 6.42 Å². The Morgan fingerprint density at radius 2 is 1.79 bits per heavy atom. The summed E-state index contributed by atoms with van der Waals surface area (Å²) in [5.74, 6) is 0.977. The number of ether oxygens (including phenoxy) is 2. The normalized spacial score (nSPS) is 13.1. The molecule has 1 unspecified atom stereocenters. The van der Waals surface area contributed by atoms with Crippen molar-refractivity contribution in [1.29, 1.82) is 0 Å². The van der Waals surface area contributed by atoms with Crippen LogP contribution in [0.1, 0.15) is 39.7 Å². The van der Waals surface area contributed by atoms with Gasteiger partial charge in [-0.25, -0.2) is 0 Å². The SMILES string of the molecule is COc1ccc(CCC(=O)C(C)OC(C)(C)C)cc1. The van der Waals surface area contributed by atoms with Crippen LogP contribution < -0.4 is 4.74 Å². The van der Waals surface area contributed by atoms with Crippen LogP contribution in [0.15, 0.2) is 24.3 Å². The highest BCUT2D eigenvalue weighted by Crippen LogP contribution is 2.15. The minimum Gasteiger partial charge on any atom is -0.497 e. The van der Waals surface area contributed by atoms with Gasteiger partial charge < -0.3 is 9.47 Å². The molecule has 0 aliphatic carbocycles. The lowest BCUT2D eigenvalue weighted by atomic mass is 10.0. The van der Waals surface area contributed by atoms with Crippen molar-refractivity contribution in [2.45, 2.75) is 52.2 Å². The van der Waals surface area contributed by atoms with E-state index in [0.717, 1.165) is 17.7 Å². The van der Waals surface area contributed by atoms with E-state index in [1.165, 1.54) is 0 Å². The van der Waals surface area contributed by atoms with Crippen LogP contribution in [0.5, 0.6) is 5.75 Å². The fraction of sp³-hybridized carbons (Fsp3) is 0.562. The number of benzene rings is 1. The van der Waals surface area contributed by atoms with E-state index in [2.05, 4.69) is 0 Å². The summed E-state index contributed by atoms with van der Waals surface area (Å²) in [4.78, 5) is 12.0. The number of carbonyl (C=O) groups excluding carboxylic acids is 1. The van der Waals surface area contributed by atoms with Gasteiger partial charge in [-0.1, -0.05) is 12.1 Å². The van der Waals surface area contributed by atoms with Gasteiger partial charge in [-0.15, -0.1) is 0 Å². The van der Waals surface area contributed by atoms with E-state index in [1.807, 2.05) is 52.0 Å². The van der Waals surface area contributed by atoms with Gasteiger partial charge in [0.15, 0.2) is 5.78 Å². The minimum absolute atomic E-state index is 0.144. The number of hydrogen-bond donors (Lipinski definition) is 0. The Hall–Kier alpha value is -1.35. The zero-order valence-corrected chi connectivity index (χ0v) is 12.5. The van der Waals surface area contributed by atoms with E-state index in [-0.39, 0.29) is 17.5 Å². The maximum absolute atomic E-state index is 12.0. The third-order valence-corrected chi connectivity index (χ3v) is 2.80. The van der Waals surface area contributed by atoms with Crippen LogP contribution in [-0.2, 0) is 16.0 Å². The first-order valence-corrected chi connectivity index (χ1v) is 6.65. The lowest BCUT2D eigenvalue weighted by Crippen LogP contribution is -2.31. The molecule has 0 bridgehead atoms. The molecule has 106 valence electrons. The summed E-state index contributed by atoms with van der Waals surface area (Å²) in [7, 11) is 1.64. The molecule has 0 fully saturated rings. The molecule has 1 atom stereocenters. The highest BCUT2D eigenvalue weighted by Gasteiger charge is 2.20. The molecule has 0 aliphatic rings. The largest absolute Gasteiger partial charge is 0.497 e. The number of rotatable bonds is 6. The van der Waals surface area contributed by atoms with Gasteiger partial charge >= 0.3 is 0 Å². The summed E-state index contributed by atoms with van der Waals surface area (Å²) >= 11 is 0. The molecule has 0 saturated carbocycles. The van der Waals surface area contributed by atoms with E-state index >= 15 is 0 Å². The Labute approximate surface area is 115 Å². The second-order valence-corrected chi connectivity index (χ2v) is 5.69. The van der Waals surface area contributed by atoms with E-state index in [1.54, 1.807) is 7.11 Å². The molecule has 0 spiro atoms. The molecule has 0 aromatic heterocycles. The van der Waals surface area contributed by atoms with Crippen LogP contribution in [0.4, 0.5) is 0 Å². The lowest BCUT2D eigenvalue weighted by Gasteiger charge is -2.24. The van der Waals surface area contributed by atoms with E-state index in [4.69, 9.17) is 9.47 Å². The second-order valence-electron chi connectivity index (χ2n) is 5.69. The van der Waals surface area contributed by atoms with Crippen molar-refractivity contribution in [2.75, 3.05) is 7.11 Å². The topological polar surface area (TPSA) is 35.5 Å². The monoisotopic (exact) mass is 264 g/mol. The maximum atomic E-state index is 12.0. The van der Waals surface area contributed by atoms with Crippen LogP contribution in [0, 0.1) is 0 Å². The second kappa shape index (κ2) is 6.71. The summed E-state index contributed by atoms with van der Waals surface area (Å²) in [5, 5.41) is 0. The summed E-state index contributed by atoms with van der Waals surface area (Å²) < 4.78 is 10.8. The summed E-state index contributed by atoms with van der Waals surface area (Å²) in [5.41, 5.74) is 0.854. The third kappa shape index (κ3) is 5.88. The first-order chi connectivity index (χ1) is 8.81. The van der Waals surface area contributed by atoms with Crippen LogP contribution in [0.3, 0.4) is 0 Å². The highest BCUT2D eigenvalue weighted by molar-refractivity contribution is 5.82. The van der Waals surface area contributed by atoms with Gasteiger partial charge in [0.25, 0.3) is 0 Å². The molecule has 0 amide bonds. The number of aryl methyl sites for hydroxylation is 1. The minimum atomic E-state index is -0.349. The Bertz CT molecular complexity index is 401. The Balaban J connectivity index is 2.45. The molecule has 0 N–H and O–H groups in total. The fourth-order valence-electron chi connectivity index (χ4n) is 1.86. The molecule has 0 heterocycles. The van der Waals surface area contributed by atoms with Crippen molar-refractivity contribution < 1.29 is 14.3 Å². The average Bonchev–Trinajstić information content (AvgIpc) is 2.34. The molecular weight excluding hydrogens is 240 g/mol. The van der Waals surface area contributed by atoms with Crippen LogP contribution >= 0.6 is 0 Å². The molecule has 0 radical (unpaired) electrons. The molecule has 3 heteroatoms. The first-order valence-electron chi connectivity index (χ1n) is 6.65. The van der Waals surface area contributed by atoms with Crippen molar-refractivity contribution in [3.05, 3.63) is 29.8 Å². The first kappa shape index (κ1) is 15.7.